The molecule has 1 aliphatic rings. The number of para-hydroxylation sites is 1. The van der Waals surface area contributed by atoms with E-state index in [0.29, 0.717) is 33.4 Å². The molecule has 1 amide bonds. The third kappa shape index (κ3) is 3.20. The Morgan fingerprint density at radius 1 is 1.10 bits per heavy atom. The molecule has 5 rings (SSSR count). The number of rotatable bonds is 3. The first-order valence-electron chi connectivity index (χ1n) is 8.77. The Kier molecular flexibility index (Phi) is 4.01. The first kappa shape index (κ1) is 18.0. The van der Waals surface area contributed by atoms with Crippen LogP contribution in [0.5, 0.6) is 0 Å². The molecule has 2 aromatic carbocycles. The lowest BCUT2D eigenvalue weighted by atomic mass is 10.2. The van der Waals surface area contributed by atoms with Crippen LogP contribution in [-0.2, 0) is 21.3 Å². The van der Waals surface area contributed by atoms with Crippen LogP contribution in [0.25, 0.3) is 16.7 Å². The van der Waals surface area contributed by atoms with Gasteiger partial charge in [-0.25, -0.2) is 13.1 Å². The normalized spacial score (nSPS) is 14.8. The fourth-order valence-electron chi connectivity index (χ4n) is 3.40. The average molecular weight is 428 g/mol. The van der Waals surface area contributed by atoms with Crippen molar-refractivity contribution >= 4 is 44.1 Å². The third-order valence-corrected chi connectivity index (χ3v) is 6.43. The van der Waals surface area contributed by atoms with Gasteiger partial charge in [0, 0.05) is 16.0 Å². The highest BCUT2D eigenvalue weighted by atomic mass is 35.5. The summed E-state index contributed by atoms with van der Waals surface area (Å²) < 4.78 is 31.3. The summed E-state index contributed by atoms with van der Waals surface area (Å²) in [4.78, 5) is 12.9. The lowest BCUT2D eigenvalue weighted by Gasteiger charge is -2.10. The third-order valence-electron chi connectivity index (χ3n) is 4.74. The number of hydrogen-bond acceptors (Lipinski definition) is 5. The number of furan rings is 1. The van der Waals surface area contributed by atoms with E-state index < -0.39 is 15.7 Å². The summed E-state index contributed by atoms with van der Waals surface area (Å²) in [5, 5.41) is 8.58. The van der Waals surface area contributed by atoms with E-state index in [-0.39, 0.29) is 17.3 Å². The zero-order valence-corrected chi connectivity index (χ0v) is 16.5. The van der Waals surface area contributed by atoms with Crippen LogP contribution in [0.2, 0.25) is 5.02 Å². The van der Waals surface area contributed by atoms with Gasteiger partial charge in [0.25, 0.3) is 5.91 Å². The highest BCUT2D eigenvalue weighted by Gasteiger charge is 2.33. The molecule has 29 heavy (non-hydrogen) atoms. The van der Waals surface area contributed by atoms with E-state index in [1.165, 1.54) is 4.68 Å². The second-order valence-corrected chi connectivity index (χ2v) is 9.30. The van der Waals surface area contributed by atoms with Crippen molar-refractivity contribution in [2.75, 3.05) is 5.32 Å². The van der Waals surface area contributed by atoms with E-state index in [9.17, 15) is 13.2 Å². The highest BCUT2D eigenvalue weighted by Crippen LogP contribution is 2.33. The molecule has 0 aliphatic carbocycles. The molecule has 7 nitrogen and oxygen atoms in total. The number of anilines is 1. The van der Waals surface area contributed by atoms with Crippen molar-refractivity contribution in [3.63, 3.8) is 0 Å². The van der Waals surface area contributed by atoms with Crippen molar-refractivity contribution < 1.29 is 17.6 Å². The number of halogens is 1. The molecule has 3 heterocycles. The van der Waals surface area contributed by atoms with E-state index in [2.05, 4.69) is 10.4 Å². The molecule has 0 saturated heterocycles. The molecule has 0 saturated carbocycles. The fraction of sp³-hybridized carbons (Fsp3) is 0.100. The predicted molar refractivity (Wildman–Crippen MR) is 109 cm³/mol. The summed E-state index contributed by atoms with van der Waals surface area (Å²) in [6.07, 6.45) is 0. The molecular formula is C20H14ClN3O4S. The average Bonchev–Trinajstić information content (AvgIpc) is 3.33. The first-order chi connectivity index (χ1) is 13.9. The summed E-state index contributed by atoms with van der Waals surface area (Å²) in [5.74, 6) is -0.371. The maximum Gasteiger partial charge on any atom is 0.292 e. The number of carbonyl (C=O) groups excluding carboxylic acids is 1. The number of nitrogens with one attached hydrogen (secondary N) is 1. The zero-order chi connectivity index (χ0) is 20.2. The summed E-state index contributed by atoms with van der Waals surface area (Å²) in [6, 6.07) is 15.8. The van der Waals surface area contributed by atoms with Gasteiger partial charge in [-0.3, -0.25) is 4.79 Å². The molecule has 0 radical (unpaired) electrons. The van der Waals surface area contributed by atoms with Crippen molar-refractivity contribution in [3.8, 4) is 5.69 Å². The lowest BCUT2D eigenvalue weighted by Crippen LogP contribution is -2.16. The van der Waals surface area contributed by atoms with Gasteiger partial charge in [0.1, 0.15) is 11.4 Å². The van der Waals surface area contributed by atoms with Crippen LogP contribution in [0.4, 0.5) is 5.82 Å². The zero-order valence-electron chi connectivity index (χ0n) is 14.9. The molecule has 0 unspecified atom stereocenters. The number of benzene rings is 2. The van der Waals surface area contributed by atoms with Gasteiger partial charge in [0.15, 0.2) is 15.6 Å². The smallest absolute Gasteiger partial charge is 0.292 e. The van der Waals surface area contributed by atoms with Crippen LogP contribution in [0.15, 0.2) is 59.0 Å². The predicted octanol–water partition coefficient (Wildman–Crippen LogP) is 3.95. The number of fused-ring (bicyclic) bond motifs is 2. The Hall–Kier alpha value is -3.10. The minimum atomic E-state index is -3.28. The highest BCUT2D eigenvalue weighted by molar-refractivity contribution is 7.90. The van der Waals surface area contributed by atoms with Crippen LogP contribution >= 0.6 is 11.6 Å². The Bertz CT molecular complexity index is 1340. The van der Waals surface area contributed by atoms with E-state index >= 15 is 0 Å². The van der Waals surface area contributed by atoms with Crippen molar-refractivity contribution in [1.29, 1.82) is 0 Å². The van der Waals surface area contributed by atoms with Gasteiger partial charge in [-0.2, -0.15) is 5.10 Å². The number of nitrogens with zero attached hydrogens (tertiary/aromatic N) is 2. The summed E-state index contributed by atoms with van der Waals surface area (Å²) in [5.41, 5.74) is 2.17. The largest absolute Gasteiger partial charge is 0.451 e. The second-order valence-electron chi connectivity index (χ2n) is 6.80. The van der Waals surface area contributed by atoms with Gasteiger partial charge in [-0.05, 0) is 36.4 Å². The minimum absolute atomic E-state index is 0.129. The van der Waals surface area contributed by atoms with E-state index in [1.54, 1.807) is 36.4 Å². The second kappa shape index (κ2) is 6.47. The van der Waals surface area contributed by atoms with Gasteiger partial charge in [-0.1, -0.05) is 29.8 Å². The molecule has 0 spiro atoms. The standard InChI is InChI=1S/C20H14ClN3O4S/c21-13-5-7-14(8-6-13)24-19(15-10-29(26,27)11-16(15)23-24)22-20(25)18-9-12-3-1-2-4-17(12)28-18/h1-9H,10-11H2,(H,22,25). The molecular weight excluding hydrogens is 414 g/mol. The Balaban J connectivity index is 1.57. The maximum absolute atomic E-state index is 12.9. The van der Waals surface area contributed by atoms with Crippen LogP contribution in [-0.4, -0.2) is 24.1 Å². The molecule has 9 heteroatoms. The van der Waals surface area contributed by atoms with Gasteiger partial charge >= 0.3 is 0 Å². The summed E-state index contributed by atoms with van der Waals surface area (Å²) in [7, 11) is -3.28. The molecule has 1 N–H and O–H groups in total. The van der Waals surface area contributed by atoms with Crippen molar-refractivity contribution in [2.45, 2.75) is 11.5 Å². The number of carbonyl (C=O) groups is 1. The number of aromatic nitrogens is 2. The van der Waals surface area contributed by atoms with Crippen LogP contribution in [0.3, 0.4) is 0 Å². The number of sulfone groups is 1. The van der Waals surface area contributed by atoms with Gasteiger partial charge in [0.05, 0.1) is 22.9 Å². The lowest BCUT2D eigenvalue weighted by molar-refractivity contribution is 0.0998. The van der Waals surface area contributed by atoms with E-state index in [4.69, 9.17) is 16.0 Å². The van der Waals surface area contributed by atoms with E-state index in [0.717, 1.165) is 5.39 Å². The minimum Gasteiger partial charge on any atom is -0.451 e. The Labute approximate surface area is 170 Å². The molecule has 1 aliphatic heterocycles. The van der Waals surface area contributed by atoms with Crippen LogP contribution < -0.4 is 5.32 Å². The van der Waals surface area contributed by atoms with E-state index in [1.807, 2.05) is 18.2 Å². The molecule has 4 aromatic rings. The van der Waals surface area contributed by atoms with Gasteiger partial charge < -0.3 is 9.73 Å². The van der Waals surface area contributed by atoms with Gasteiger partial charge in [0.2, 0.25) is 0 Å². The molecule has 146 valence electrons. The molecule has 0 bridgehead atoms. The molecule has 0 fully saturated rings. The van der Waals surface area contributed by atoms with Crippen LogP contribution in [0.1, 0.15) is 21.8 Å². The quantitative estimate of drug-likeness (QED) is 0.534. The summed E-state index contributed by atoms with van der Waals surface area (Å²) in [6.45, 7) is 0. The Morgan fingerprint density at radius 3 is 2.62 bits per heavy atom. The van der Waals surface area contributed by atoms with Gasteiger partial charge in [-0.15, -0.1) is 0 Å². The number of hydrogen-bond donors (Lipinski definition) is 1. The Morgan fingerprint density at radius 2 is 1.86 bits per heavy atom. The SMILES string of the molecule is O=C(Nc1c2c(nn1-c1ccc(Cl)cc1)CS(=O)(=O)C2)c1cc2ccccc2o1. The topological polar surface area (TPSA) is 94.2 Å². The molecule has 0 atom stereocenters. The van der Waals surface area contributed by atoms with Crippen molar-refractivity contribution in [2.24, 2.45) is 0 Å². The summed E-state index contributed by atoms with van der Waals surface area (Å²) >= 11 is 5.96. The molecule has 2 aromatic heterocycles. The van der Waals surface area contributed by atoms with Crippen LogP contribution in [0, 0.1) is 0 Å². The fourth-order valence-corrected chi connectivity index (χ4v) is 5.02. The first-order valence-corrected chi connectivity index (χ1v) is 11.0. The maximum atomic E-state index is 12.9. The monoisotopic (exact) mass is 427 g/mol. The van der Waals surface area contributed by atoms with Crippen molar-refractivity contribution in [1.82, 2.24) is 9.78 Å². The van der Waals surface area contributed by atoms with Crippen molar-refractivity contribution in [3.05, 3.63) is 76.6 Å². The number of amides is 1.